The van der Waals surface area contributed by atoms with Crippen LogP contribution in [0.3, 0.4) is 0 Å². The van der Waals surface area contributed by atoms with Crippen LogP contribution in [0, 0.1) is 0 Å². The Balaban J connectivity index is 2.40. The molecule has 0 radical (unpaired) electrons. The van der Waals surface area contributed by atoms with Crippen molar-refractivity contribution in [2.75, 3.05) is 6.61 Å². The fraction of sp³-hybridized carbons (Fsp3) is 0.375. The zero-order valence-corrected chi connectivity index (χ0v) is 13.2. The summed E-state index contributed by atoms with van der Waals surface area (Å²) in [5.74, 6) is -0.871. The van der Waals surface area contributed by atoms with Gasteiger partial charge in [-0.25, -0.2) is 4.79 Å². The number of esters is 1. The van der Waals surface area contributed by atoms with Crippen molar-refractivity contribution >= 4 is 29.6 Å². The minimum absolute atomic E-state index is 0.285. The van der Waals surface area contributed by atoms with Gasteiger partial charge in [-0.3, -0.25) is 4.79 Å². The number of benzene rings is 1. The third-order valence-corrected chi connectivity index (χ3v) is 3.24. The molecule has 1 N–H and O–H groups in total. The van der Waals surface area contributed by atoms with Crippen molar-refractivity contribution in [3.63, 3.8) is 0 Å². The normalized spacial score (nSPS) is 11.4. The largest absolute Gasteiger partial charge is 0.452 e. The average molecular weight is 310 g/mol. The van der Waals surface area contributed by atoms with Gasteiger partial charge in [-0.1, -0.05) is 30.7 Å². The van der Waals surface area contributed by atoms with Gasteiger partial charge in [-0.15, -0.1) is 0 Å². The number of hydrogen-bond acceptors (Lipinski definition) is 3. The second-order valence-electron chi connectivity index (χ2n) is 5.28. The van der Waals surface area contributed by atoms with Crippen molar-refractivity contribution in [3.8, 4) is 0 Å². The molecule has 0 spiro atoms. The summed E-state index contributed by atoms with van der Waals surface area (Å²) >= 11 is 5.76. The summed E-state index contributed by atoms with van der Waals surface area (Å²) in [6, 6.07) is 7.02. The SMILES string of the molecule is CCC(C)(C)NC(=O)COC(=O)/C=C/c1ccc(Cl)cc1. The number of carbonyl (C=O) groups excluding carboxylic acids is 2. The first kappa shape index (κ1) is 17.2. The highest BCUT2D eigenvalue weighted by Gasteiger charge is 2.18. The van der Waals surface area contributed by atoms with Crippen LogP contribution in [0.1, 0.15) is 32.8 Å². The highest BCUT2D eigenvalue weighted by Crippen LogP contribution is 2.10. The molecule has 0 aliphatic heterocycles. The fourth-order valence-electron chi connectivity index (χ4n) is 1.42. The topological polar surface area (TPSA) is 55.4 Å². The fourth-order valence-corrected chi connectivity index (χ4v) is 1.55. The lowest BCUT2D eigenvalue weighted by molar-refractivity contribution is -0.144. The predicted molar refractivity (Wildman–Crippen MR) is 84.0 cm³/mol. The molecular weight excluding hydrogens is 290 g/mol. The number of carbonyl (C=O) groups is 2. The molecule has 1 aromatic carbocycles. The number of halogens is 1. The molecule has 0 saturated heterocycles. The van der Waals surface area contributed by atoms with E-state index in [2.05, 4.69) is 5.32 Å². The molecule has 1 amide bonds. The van der Waals surface area contributed by atoms with Crippen molar-refractivity contribution in [1.82, 2.24) is 5.32 Å². The lowest BCUT2D eigenvalue weighted by Gasteiger charge is -2.24. The van der Waals surface area contributed by atoms with E-state index in [1.54, 1.807) is 30.3 Å². The van der Waals surface area contributed by atoms with Crippen LogP contribution in [0.4, 0.5) is 0 Å². The lowest BCUT2D eigenvalue weighted by atomic mass is 10.0. The summed E-state index contributed by atoms with van der Waals surface area (Å²) in [6.45, 7) is 5.51. The first-order valence-corrected chi connectivity index (χ1v) is 7.11. The maximum absolute atomic E-state index is 11.6. The number of nitrogens with one attached hydrogen (secondary N) is 1. The Morgan fingerprint density at radius 1 is 1.29 bits per heavy atom. The Labute approximate surface area is 130 Å². The van der Waals surface area contributed by atoms with Crippen molar-refractivity contribution in [3.05, 3.63) is 40.9 Å². The summed E-state index contributed by atoms with van der Waals surface area (Å²) < 4.78 is 4.88. The second kappa shape index (κ2) is 7.84. The molecule has 1 rings (SSSR count). The number of ether oxygens (including phenoxy) is 1. The summed E-state index contributed by atoms with van der Waals surface area (Å²) in [5, 5.41) is 3.42. The van der Waals surface area contributed by atoms with Gasteiger partial charge in [-0.05, 0) is 44.0 Å². The molecule has 0 saturated carbocycles. The molecule has 0 bridgehead atoms. The zero-order valence-electron chi connectivity index (χ0n) is 12.5. The van der Waals surface area contributed by atoms with E-state index in [0.717, 1.165) is 12.0 Å². The van der Waals surface area contributed by atoms with Crippen molar-refractivity contribution < 1.29 is 14.3 Å². The number of hydrogen-bond donors (Lipinski definition) is 1. The molecule has 0 heterocycles. The maximum atomic E-state index is 11.6. The minimum atomic E-state index is -0.561. The number of rotatable bonds is 6. The maximum Gasteiger partial charge on any atom is 0.331 e. The van der Waals surface area contributed by atoms with E-state index in [1.165, 1.54) is 6.08 Å². The monoisotopic (exact) mass is 309 g/mol. The van der Waals surface area contributed by atoms with Gasteiger partial charge in [0, 0.05) is 16.6 Å². The molecule has 0 aliphatic rings. The van der Waals surface area contributed by atoms with Crippen LogP contribution < -0.4 is 5.32 Å². The molecule has 0 atom stereocenters. The van der Waals surface area contributed by atoms with Gasteiger partial charge in [-0.2, -0.15) is 0 Å². The highest BCUT2D eigenvalue weighted by molar-refractivity contribution is 6.30. The summed E-state index contributed by atoms with van der Waals surface area (Å²) in [5.41, 5.74) is 0.524. The van der Waals surface area contributed by atoms with Gasteiger partial charge in [0.2, 0.25) is 0 Å². The molecule has 0 unspecified atom stereocenters. The van der Waals surface area contributed by atoms with E-state index in [0.29, 0.717) is 5.02 Å². The van der Waals surface area contributed by atoms with Crippen LogP contribution >= 0.6 is 11.6 Å². The summed E-state index contributed by atoms with van der Waals surface area (Å²) in [4.78, 5) is 23.1. The predicted octanol–water partition coefficient (Wildman–Crippen LogP) is 3.20. The standard InChI is InChI=1S/C16H20ClNO3/c1-4-16(2,3)18-14(19)11-21-15(20)10-7-12-5-8-13(17)9-6-12/h5-10H,4,11H2,1-3H3,(H,18,19)/b10-7+. The Morgan fingerprint density at radius 3 is 2.48 bits per heavy atom. The molecule has 0 aliphatic carbocycles. The molecular formula is C16H20ClNO3. The van der Waals surface area contributed by atoms with Gasteiger partial charge in [0.1, 0.15) is 0 Å². The van der Waals surface area contributed by atoms with Crippen LogP contribution in [0.25, 0.3) is 6.08 Å². The zero-order chi connectivity index (χ0) is 15.9. The molecule has 114 valence electrons. The van der Waals surface area contributed by atoms with Crippen LogP contribution in [0.2, 0.25) is 5.02 Å². The van der Waals surface area contributed by atoms with Crippen molar-refractivity contribution in [2.45, 2.75) is 32.7 Å². The molecule has 21 heavy (non-hydrogen) atoms. The Morgan fingerprint density at radius 2 is 1.90 bits per heavy atom. The molecule has 0 fully saturated rings. The van der Waals surface area contributed by atoms with Gasteiger partial charge >= 0.3 is 5.97 Å². The van der Waals surface area contributed by atoms with E-state index in [-0.39, 0.29) is 18.1 Å². The summed E-state index contributed by atoms with van der Waals surface area (Å²) in [7, 11) is 0. The third-order valence-electron chi connectivity index (χ3n) is 2.99. The van der Waals surface area contributed by atoms with E-state index in [9.17, 15) is 9.59 Å². The van der Waals surface area contributed by atoms with Crippen LogP contribution in [-0.4, -0.2) is 24.0 Å². The number of amides is 1. The van der Waals surface area contributed by atoms with E-state index in [4.69, 9.17) is 16.3 Å². The van der Waals surface area contributed by atoms with Crippen molar-refractivity contribution in [2.24, 2.45) is 0 Å². The molecule has 4 nitrogen and oxygen atoms in total. The van der Waals surface area contributed by atoms with Crippen LogP contribution in [0.5, 0.6) is 0 Å². The van der Waals surface area contributed by atoms with Gasteiger partial charge in [0.25, 0.3) is 5.91 Å². The lowest BCUT2D eigenvalue weighted by Crippen LogP contribution is -2.44. The minimum Gasteiger partial charge on any atom is -0.452 e. The second-order valence-corrected chi connectivity index (χ2v) is 5.71. The highest BCUT2D eigenvalue weighted by atomic mass is 35.5. The van der Waals surface area contributed by atoms with Gasteiger partial charge in [0.05, 0.1) is 0 Å². The Kier molecular flexibility index (Phi) is 6.43. The Hall–Kier alpha value is -1.81. The molecule has 5 heteroatoms. The summed E-state index contributed by atoms with van der Waals surface area (Å²) in [6.07, 6.45) is 3.68. The molecule has 1 aromatic rings. The van der Waals surface area contributed by atoms with Crippen LogP contribution in [-0.2, 0) is 14.3 Å². The first-order valence-electron chi connectivity index (χ1n) is 6.74. The average Bonchev–Trinajstić information content (AvgIpc) is 2.44. The van der Waals surface area contributed by atoms with E-state index < -0.39 is 5.97 Å². The van der Waals surface area contributed by atoms with E-state index in [1.807, 2.05) is 20.8 Å². The van der Waals surface area contributed by atoms with Crippen LogP contribution in [0.15, 0.2) is 30.3 Å². The van der Waals surface area contributed by atoms with Crippen molar-refractivity contribution in [1.29, 1.82) is 0 Å². The Bertz CT molecular complexity index is 521. The third kappa shape index (κ3) is 6.95. The quantitative estimate of drug-likeness (QED) is 0.648. The van der Waals surface area contributed by atoms with Gasteiger partial charge in [0.15, 0.2) is 6.61 Å². The smallest absolute Gasteiger partial charge is 0.331 e. The first-order chi connectivity index (χ1) is 9.82. The molecule has 0 aromatic heterocycles. The van der Waals surface area contributed by atoms with Gasteiger partial charge < -0.3 is 10.1 Å². The van der Waals surface area contributed by atoms with E-state index >= 15 is 0 Å².